The van der Waals surface area contributed by atoms with Gasteiger partial charge in [0.15, 0.2) is 0 Å². The number of nitrogens with zero attached hydrogens (tertiary/aromatic N) is 3. The van der Waals surface area contributed by atoms with Gasteiger partial charge in [-0.2, -0.15) is 0 Å². The van der Waals surface area contributed by atoms with Crippen LogP contribution < -0.4 is 4.90 Å². The molecule has 0 unspecified atom stereocenters. The van der Waals surface area contributed by atoms with E-state index in [0.717, 1.165) is 11.6 Å². The lowest BCUT2D eigenvalue weighted by Gasteiger charge is -2.31. The molecular weight excluding hydrogens is 358 g/mol. The van der Waals surface area contributed by atoms with Gasteiger partial charge in [-0.25, -0.2) is 4.98 Å². The van der Waals surface area contributed by atoms with E-state index in [1.54, 1.807) is 0 Å². The van der Waals surface area contributed by atoms with Crippen LogP contribution in [0, 0.1) is 6.92 Å². The number of rotatable bonds is 2. The van der Waals surface area contributed by atoms with E-state index in [1.807, 2.05) is 11.3 Å². The summed E-state index contributed by atoms with van der Waals surface area (Å²) >= 11 is 1.85. The van der Waals surface area contributed by atoms with E-state index in [9.17, 15) is 0 Å². The minimum Gasteiger partial charge on any atom is -0.358 e. The monoisotopic (exact) mass is 379 g/mol. The van der Waals surface area contributed by atoms with Crippen molar-refractivity contribution in [2.75, 3.05) is 31.1 Å². The van der Waals surface area contributed by atoms with E-state index in [0.29, 0.717) is 6.04 Å². The summed E-state index contributed by atoms with van der Waals surface area (Å²) in [5, 5.41) is 2.50. The molecule has 0 saturated carbocycles. The molecule has 0 aliphatic carbocycles. The molecule has 0 spiro atoms. The van der Waals surface area contributed by atoms with E-state index in [4.69, 9.17) is 4.98 Å². The molecule has 22 heavy (non-hydrogen) atoms. The smallest absolute Gasteiger partial charge is 0.125 e. The highest BCUT2D eigenvalue weighted by atomic mass is 79.9. The molecule has 0 atom stereocenters. The Morgan fingerprint density at radius 2 is 1.86 bits per heavy atom. The number of thiazole rings is 1. The zero-order valence-corrected chi connectivity index (χ0v) is 15.4. The van der Waals surface area contributed by atoms with E-state index < -0.39 is 0 Å². The van der Waals surface area contributed by atoms with Gasteiger partial charge in [-0.3, -0.25) is 0 Å². The van der Waals surface area contributed by atoms with Crippen LogP contribution in [0.1, 0.15) is 18.4 Å². The Hall–Kier alpha value is -0.910. The molecular formula is C17H22BrN3S. The van der Waals surface area contributed by atoms with Gasteiger partial charge in [-0.1, -0.05) is 35.6 Å². The second kappa shape index (κ2) is 6.69. The van der Waals surface area contributed by atoms with Crippen molar-refractivity contribution in [1.29, 1.82) is 0 Å². The molecule has 4 heterocycles. The predicted octanol–water partition coefficient (Wildman–Crippen LogP) is 3.98. The Morgan fingerprint density at radius 3 is 2.64 bits per heavy atom. The molecule has 3 fully saturated rings. The quantitative estimate of drug-likeness (QED) is 0.786. The van der Waals surface area contributed by atoms with Crippen LogP contribution in [-0.2, 0) is 0 Å². The van der Waals surface area contributed by atoms with E-state index in [1.165, 1.54) is 48.6 Å². The van der Waals surface area contributed by atoms with Crippen molar-refractivity contribution >= 4 is 33.3 Å². The summed E-state index contributed by atoms with van der Waals surface area (Å²) < 4.78 is 0. The van der Waals surface area contributed by atoms with Crippen LogP contribution >= 0.6 is 28.3 Å². The number of piperidine rings is 1. The molecule has 3 aliphatic heterocycles. The van der Waals surface area contributed by atoms with Crippen molar-refractivity contribution in [3.63, 3.8) is 0 Å². The highest BCUT2D eigenvalue weighted by Crippen LogP contribution is 2.35. The van der Waals surface area contributed by atoms with Crippen LogP contribution in [0.25, 0.3) is 10.6 Å². The zero-order valence-electron chi connectivity index (χ0n) is 12.9. The van der Waals surface area contributed by atoms with Crippen molar-refractivity contribution in [1.82, 2.24) is 9.88 Å². The van der Waals surface area contributed by atoms with Crippen LogP contribution in [0.5, 0.6) is 0 Å². The first-order valence-corrected chi connectivity index (χ1v) is 8.64. The number of aromatic nitrogens is 1. The Morgan fingerprint density at radius 1 is 1.09 bits per heavy atom. The van der Waals surface area contributed by atoms with Gasteiger partial charge in [0.2, 0.25) is 0 Å². The van der Waals surface area contributed by atoms with Gasteiger partial charge in [0, 0.05) is 37.8 Å². The van der Waals surface area contributed by atoms with E-state index in [2.05, 4.69) is 47.2 Å². The summed E-state index contributed by atoms with van der Waals surface area (Å²) in [7, 11) is 0. The molecule has 2 aromatic rings. The first-order valence-electron chi connectivity index (χ1n) is 7.82. The number of anilines is 1. The summed E-state index contributed by atoms with van der Waals surface area (Å²) in [4.78, 5) is 9.90. The third kappa shape index (κ3) is 2.94. The number of hydrogen-bond acceptors (Lipinski definition) is 4. The van der Waals surface area contributed by atoms with Gasteiger partial charge in [0.05, 0.1) is 6.20 Å². The van der Waals surface area contributed by atoms with Gasteiger partial charge in [0.1, 0.15) is 10.0 Å². The van der Waals surface area contributed by atoms with Crippen LogP contribution in [-0.4, -0.2) is 42.1 Å². The lowest BCUT2D eigenvalue weighted by molar-refractivity contribution is 0.250. The molecule has 1 aromatic carbocycles. The normalized spacial score (nSPS) is 24.0. The van der Waals surface area contributed by atoms with Gasteiger partial charge < -0.3 is 9.80 Å². The maximum Gasteiger partial charge on any atom is 0.125 e. The minimum atomic E-state index is 0. The predicted molar refractivity (Wildman–Crippen MR) is 99.4 cm³/mol. The van der Waals surface area contributed by atoms with Crippen molar-refractivity contribution in [3.05, 3.63) is 36.0 Å². The Bertz CT molecular complexity index is 634. The second-order valence-corrected chi connectivity index (χ2v) is 7.09. The van der Waals surface area contributed by atoms with Crippen LogP contribution in [0.2, 0.25) is 0 Å². The number of hydrogen-bond donors (Lipinski definition) is 0. The molecule has 5 heteroatoms. The lowest BCUT2D eigenvalue weighted by atomic mass is 10.1. The molecule has 0 N–H and O–H groups in total. The van der Waals surface area contributed by atoms with Gasteiger partial charge >= 0.3 is 0 Å². The van der Waals surface area contributed by atoms with Gasteiger partial charge in [-0.15, -0.1) is 17.0 Å². The maximum absolute atomic E-state index is 4.70. The molecule has 0 radical (unpaired) electrons. The molecule has 0 amide bonds. The summed E-state index contributed by atoms with van der Waals surface area (Å²) in [6.07, 6.45) is 4.69. The number of fused-ring (bicyclic) bond motifs is 4. The van der Waals surface area contributed by atoms with Crippen molar-refractivity contribution < 1.29 is 0 Å². The van der Waals surface area contributed by atoms with Crippen LogP contribution in [0.3, 0.4) is 0 Å². The summed E-state index contributed by atoms with van der Waals surface area (Å²) in [5.41, 5.74) is 2.58. The molecule has 3 saturated heterocycles. The Kier molecular flexibility index (Phi) is 4.85. The maximum atomic E-state index is 4.70. The number of halogens is 1. The topological polar surface area (TPSA) is 19.4 Å². The second-order valence-electron chi connectivity index (χ2n) is 6.08. The van der Waals surface area contributed by atoms with Gasteiger partial charge in [-0.05, 0) is 25.3 Å². The SMILES string of the molecule is Br.Cc1ccccc1-c1ncc(N2CCN3CCC2CC3)s1. The largest absolute Gasteiger partial charge is 0.358 e. The van der Waals surface area contributed by atoms with Crippen LogP contribution in [0.4, 0.5) is 5.00 Å². The summed E-state index contributed by atoms with van der Waals surface area (Å²) in [6.45, 7) is 7.06. The van der Waals surface area contributed by atoms with Crippen molar-refractivity contribution in [2.24, 2.45) is 0 Å². The first-order chi connectivity index (χ1) is 10.3. The zero-order chi connectivity index (χ0) is 14.2. The summed E-state index contributed by atoms with van der Waals surface area (Å²) in [6, 6.07) is 9.25. The Balaban J connectivity index is 0.00000144. The first kappa shape index (κ1) is 16.0. The summed E-state index contributed by atoms with van der Waals surface area (Å²) in [5.74, 6) is 0. The molecule has 1 aromatic heterocycles. The van der Waals surface area contributed by atoms with Crippen LogP contribution in [0.15, 0.2) is 30.5 Å². The minimum absolute atomic E-state index is 0. The van der Waals surface area contributed by atoms with Gasteiger partial charge in [0.25, 0.3) is 0 Å². The third-order valence-electron chi connectivity index (χ3n) is 4.81. The Labute approximate surface area is 146 Å². The molecule has 3 nitrogen and oxygen atoms in total. The highest BCUT2D eigenvalue weighted by Gasteiger charge is 2.30. The standard InChI is InChI=1S/C17H21N3S.BrH/c1-13-4-2-3-5-15(13)17-18-12-16(21-17)20-11-10-19-8-6-14(20)7-9-19;/h2-5,12,14H,6-11H2,1H3;1H. The number of aryl methyl sites for hydroxylation is 1. The molecule has 5 rings (SSSR count). The number of benzene rings is 1. The van der Waals surface area contributed by atoms with E-state index in [-0.39, 0.29) is 17.0 Å². The van der Waals surface area contributed by atoms with Crippen molar-refractivity contribution in [3.8, 4) is 10.6 Å². The lowest BCUT2D eigenvalue weighted by Crippen LogP contribution is -2.37. The molecule has 2 bridgehead atoms. The highest BCUT2D eigenvalue weighted by molar-refractivity contribution is 8.93. The van der Waals surface area contributed by atoms with Crippen molar-refractivity contribution in [2.45, 2.75) is 25.8 Å². The third-order valence-corrected chi connectivity index (χ3v) is 5.87. The molecule has 3 aliphatic rings. The van der Waals surface area contributed by atoms with E-state index >= 15 is 0 Å². The fourth-order valence-corrected chi connectivity index (χ4v) is 4.62. The molecule has 118 valence electrons. The average Bonchev–Trinajstić information content (AvgIpc) is 2.80. The fourth-order valence-electron chi connectivity index (χ4n) is 3.51. The fraction of sp³-hybridized carbons (Fsp3) is 0.471. The average molecular weight is 380 g/mol.